The van der Waals surface area contributed by atoms with Crippen LogP contribution in [0.4, 0.5) is 8.78 Å². The van der Waals surface area contributed by atoms with Gasteiger partial charge in [0.1, 0.15) is 0 Å². The lowest BCUT2D eigenvalue weighted by Crippen LogP contribution is -2.40. The van der Waals surface area contributed by atoms with E-state index in [1.54, 1.807) is 0 Å². The van der Waals surface area contributed by atoms with Crippen LogP contribution in [-0.4, -0.2) is 24.4 Å². The number of alkyl halides is 2. The summed E-state index contributed by atoms with van der Waals surface area (Å²) in [4.78, 5) is 11.8. The summed E-state index contributed by atoms with van der Waals surface area (Å²) >= 11 is 0. The molecule has 0 bridgehead atoms. The minimum absolute atomic E-state index is 0. The number of halogens is 3. The predicted octanol–water partition coefficient (Wildman–Crippen LogP) is 2.34. The molecule has 112 valence electrons. The van der Waals surface area contributed by atoms with Crippen molar-refractivity contribution in [1.29, 1.82) is 0 Å². The minimum Gasteiger partial charge on any atom is -0.351 e. The molecule has 20 heavy (non-hydrogen) atoms. The molecule has 1 saturated heterocycles. The lowest BCUT2D eigenvalue weighted by Gasteiger charge is -2.12. The Morgan fingerprint density at radius 1 is 1.45 bits per heavy atom. The Labute approximate surface area is 123 Å². The van der Waals surface area contributed by atoms with Gasteiger partial charge in [-0.05, 0) is 25.0 Å². The van der Waals surface area contributed by atoms with Crippen molar-refractivity contribution in [2.24, 2.45) is 0 Å². The number of aryl methyl sites for hydroxylation is 2. The van der Waals surface area contributed by atoms with Gasteiger partial charge in [-0.15, -0.1) is 12.4 Å². The molecule has 1 atom stereocenters. The van der Waals surface area contributed by atoms with Crippen molar-refractivity contribution >= 4 is 18.3 Å². The second kappa shape index (κ2) is 6.50. The summed E-state index contributed by atoms with van der Waals surface area (Å²) in [6.07, 6.45) is -0.425. The first-order chi connectivity index (χ1) is 8.87. The number of nitrogens with one attached hydrogen (secondary N) is 2. The highest BCUT2D eigenvalue weighted by Crippen LogP contribution is 2.25. The van der Waals surface area contributed by atoms with Crippen LogP contribution in [0.25, 0.3) is 0 Å². The van der Waals surface area contributed by atoms with Crippen LogP contribution in [-0.2, 0) is 11.3 Å². The van der Waals surface area contributed by atoms with Crippen molar-refractivity contribution < 1.29 is 13.6 Å². The molecular weight excluding hydrogens is 286 g/mol. The maximum atomic E-state index is 13.0. The van der Waals surface area contributed by atoms with Crippen LogP contribution in [0.15, 0.2) is 18.2 Å². The molecule has 0 saturated carbocycles. The molecule has 6 heteroatoms. The molecule has 2 rings (SSSR count). The predicted molar refractivity (Wildman–Crippen MR) is 76.4 cm³/mol. The highest BCUT2D eigenvalue weighted by atomic mass is 35.5. The monoisotopic (exact) mass is 304 g/mol. The van der Waals surface area contributed by atoms with Gasteiger partial charge < -0.3 is 5.32 Å². The number of carbonyl (C=O) groups is 1. The molecule has 0 radical (unpaired) electrons. The molecule has 1 unspecified atom stereocenters. The lowest BCUT2D eigenvalue weighted by molar-refractivity contribution is -0.123. The maximum Gasteiger partial charge on any atom is 0.262 e. The Hall–Kier alpha value is -1.20. The van der Waals surface area contributed by atoms with Crippen LogP contribution in [0.3, 0.4) is 0 Å². The van der Waals surface area contributed by atoms with Gasteiger partial charge in [0, 0.05) is 13.0 Å². The van der Waals surface area contributed by atoms with Gasteiger partial charge in [-0.25, -0.2) is 8.78 Å². The highest BCUT2D eigenvalue weighted by Gasteiger charge is 2.42. The summed E-state index contributed by atoms with van der Waals surface area (Å²) in [7, 11) is 0. The fourth-order valence-electron chi connectivity index (χ4n) is 2.25. The van der Waals surface area contributed by atoms with Crippen LogP contribution < -0.4 is 10.6 Å². The van der Waals surface area contributed by atoms with E-state index in [9.17, 15) is 13.6 Å². The average Bonchev–Trinajstić information content (AvgIpc) is 2.68. The molecule has 0 aliphatic carbocycles. The van der Waals surface area contributed by atoms with Gasteiger partial charge >= 0.3 is 0 Å². The van der Waals surface area contributed by atoms with E-state index in [-0.39, 0.29) is 18.3 Å². The number of carbonyl (C=O) groups excluding carboxylic acids is 1. The zero-order valence-corrected chi connectivity index (χ0v) is 12.3. The molecule has 2 N–H and O–H groups in total. The normalized spacial score (nSPS) is 20.3. The highest BCUT2D eigenvalue weighted by molar-refractivity contribution is 5.85. The number of amides is 1. The lowest BCUT2D eigenvalue weighted by atomic mass is 10.1. The molecule has 1 aromatic rings. The van der Waals surface area contributed by atoms with E-state index in [4.69, 9.17) is 0 Å². The first-order valence-electron chi connectivity index (χ1n) is 6.32. The van der Waals surface area contributed by atoms with Crippen molar-refractivity contribution in [2.45, 2.75) is 38.8 Å². The van der Waals surface area contributed by atoms with Crippen molar-refractivity contribution in [3.8, 4) is 0 Å². The molecule has 1 fully saturated rings. The number of benzene rings is 1. The van der Waals surface area contributed by atoms with Gasteiger partial charge in [-0.1, -0.05) is 23.8 Å². The van der Waals surface area contributed by atoms with Crippen LogP contribution in [0.2, 0.25) is 0 Å². The number of hydrogen-bond donors (Lipinski definition) is 2. The van der Waals surface area contributed by atoms with E-state index in [2.05, 4.69) is 10.6 Å². The van der Waals surface area contributed by atoms with E-state index < -0.39 is 24.9 Å². The molecule has 3 nitrogen and oxygen atoms in total. The van der Waals surface area contributed by atoms with E-state index >= 15 is 0 Å². The Morgan fingerprint density at radius 3 is 2.70 bits per heavy atom. The largest absolute Gasteiger partial charge is 0.351 e. The second-order valence-corrected chi connectivity index (χ2v) is 5.14. The zero-order valence-electron chi connectivity index (χ0n) is 11.5. The SMILES string of the molecule is Cc1ccc(CNC(=O)C2CC(F)(F)CN2)c(C)c1.Cl. The Kier molecular flexibility index (Phi) is 5.48. The van der Waals surface area contributed by atoms with Crippen molar-refractivity contribution in [2.75, 3.05) is 6.54 Å². The van der Waals surface area contributed by atoms with Crippen LogP contribution in [0.1, 0.15) is 23.1 Å². The van der Waals surface area contributed by atoms with Gasteiger partial charge in [0.05, 0.1) is 12.6 Å². The Bertz CT molecular complexity index is 494. The minimum atomic E-state index is -2.78. The fourth-order valence-corrected chi connectivity index (χ4v) is 2.25. The van der Waals surface area contributed by atoms with Crippen LogP contribution >= 0.6 is 12.4 Å². The van der Waals surface area contributed by atoms with Crippen molar-refractivity contribution in [1.82, 2.24) is 10.6 Å². The topological polar surface area (TPSA) is 41.1 Å². The molecule has 1 heterocycles. The van der Waals surface area contributed by atoms with Gasteiger partial charge in [0.2, 0.25) is 5.91 Å². The van der Waals surface area contributed by atoms with Crippen LogP contribution in [0.5, 0.6) is 0 Å². The molecule has 1 aliphatic heterocycles. The van der Waals surface area contributed by atoms with Crippen LogP contribution in [0, 0.1) is 13.8 Å². The molecule has 1 aromatic carbocycles. The summed E-state index contributed by atoms with van der Waals surface area (Å²) < 4.78 is 26.0. The van der Waals surface area contributed by atoms with Gasteiger partial charge in [-0.3, -0.25) is 10.1 Å². The average molecular weight is 305 g/mol. The first kappa shape index (κ1) is 16.9. The van der Waals surface area contributed by atoms with Crippen molar-refractivity contribution in [3.63, 3.8) is 0 Å². The third kappa shape index (κ3) is 4.15. The standard InChI is InChI=1S/C14H18F2N2O.ClH/c1-9-3-4-11(10(2)5-9)7-17-13(19)12-6-14(15,16)8-18-12;/h3-5,12,18H,6-8H2,1-2H3,(H,17,19);1H. The van der Waals surface area contributed by atoms with E-state index in [1.165, 1.54) is 0 Å². The smallest absolute Gasteiger partial charge is 0.262 e. The fraction of sp³-hybridized carbons (Fsp3) is 0.500. The summed E-state index contributed by atoms with van der Waals surface area (Å²) in [5.74, 6) is -3.14. The molecule has 1 amide bonds. The summed E-state index contributed by atoms with van der Waals surface area (Å²) in [6, 6.07) is 5.16. The Balaban J connectivity index is 0.00000200. The number of hydrogen-bond acceptors (Lipinski definition) is 2. The van der Waals surface area contributed by atoms with E-state index in [0.717, 1.165) is 16.7 Å². The first-order valence-corrected chi connectivity index (χ1v) is 6.32. The second-order valence-electron chi connectivity index (χ2n) is 5.14. The summed E-state index contributed by atoms with van der Waals surface area (Å²) in [6.45, 7) is 3.92. The summed E-state index contributed by atoms with van der Waals surface area (Å²) in [5.41, 5.74) is 3.25. The molecular formula is C14H19ClF2N2O. The quantitative estimate of drug-likeness (QED) is 0.900. The van der Waals surface area contributed by atoms with Crippen molar-refractivity contribution in [3.05, 3.63) is 34.9 Å². The molecule has 1 aliphatic rings. The third-order valence-corrected chi connectivity index (χ3v) is 3.38. The van der Waals surface area contributed by atoms with Gasteiger partial charge in [0.15, 0.2) is 0 Å². The van der Waals surface area contributed by atoms with Gasteiger partial charge in [0.25, 0.3) is 5.92 Å². The van der Waals surface area contributed by atoms with E-state index in [0.29, 0.717) is 6.54 Å². The number of rotatable bonds is 3. The molecule has 0 spiro atoms. The Morgan fingerprint density at radius 2 is 2.15 bits per heavy atom. The maximum absolute atomic E-state index is 13.0. The van der Waals surface area contributed by atoms with E-state index in [1.807, 2.05) is 32.0 Å². The van der Waals surface area contributed by atoms with Gasteiger partial charge in [-0.2, -0.15) is 0 Å². The molecule has 0 aromatic heterocycles. The summed E-state index contributed by atoms with van der Waals surface area (Å²) in [5, 5.41) is 5.25. The third-order valence-electron chi connectivity index (χ3n) is 3.38. The zero-order chi connectivity index (χ0) is 14.0.